The second-order valence-electron chi connectivity index (χ2n) is 16.0. The number of allylic oxidation sites excluding steroid dienone is 5. The van der Waals surface area contributed by atoms with Gasteiger partial charge in [0.05, 0.1) is 0 Å². The van der Waals surface area contributed by atoms with Crippen molar-refractivity contribution >= 4 is 0 Å². The summed E-state index contributed by atoms with van der Waals surface area (Å²) in [5, 5.41) is 0. The smallest absolute Gasteiger partial charge is 0.00750 e. The zero-order valence-corrected chi connectivity index (χ0v) is 45.3. The van der Waals surface area contributed by atoms with Crippen molar-refractivity contribution in [3.8, 4) is 0 Å². The second-order valence-corrected chi connectivity index (χ2v) is 16.0. The van der Waals surface area contributed by atoms with E-state index in [1.54, 1.807) is 0 Å². The molecule has 2 unspecified atom stereocenters. The fourth-order valence-electron chi connectivity index (χ4n) is 5.75. The highest BCUT2D eigenvalue weighted by molar-refractivity contribution is 5.41. The Balaban J connectivity index is -0.0000000956. The lowest BCUT2D eigenvalue weighted by Crippen LogP contribution is -2.12. The van der Waals surface area contributed by atoms with Gasteiger partial charge in [0, 0.05) is 5.92 Å². The largest absolute Gasteiger partial charge is 0.103 e. The first-order valence-corrected chi connectivity index (χ1v) is 26.7. The Morgan fingerprint density at radius 1 is 0.448 bits per heavy atom. The number of hydrogen-bond acceptors (Lipinski definition) is 0. The Hall–Kier alpha value is -1.04. The first-order valence-electron chi connectivity index (χ1n) is 26.7. The highest BCUT2D eigenvalue weighted by atomic mass is 14.2. The minimum absolute atomic E-state index is 0.532. The van der Waals surface area contributed by atoms with E-state index >= 15 is 0 Å². The van der Waals surface area contributed by atoms with Gasteiger partial charge in [-0.1, -0.05) is 323 Å². The molecule has 0 saturated carbocycles. The molecule has 58 heavy (non-hydrogen) atoms. The van der Waals surface area contributed by atoms with Gasteiger partial charge < -0.3 is 0 Å². The molecule has 0 amide bonds. The average molecular weight is 822 g/mol. The molecule has 0 spiro atoms. The Morgan fingerprint density at radius 3 is 0.914 bits per heavy atom. The fourth-order valence-corrected chi connectivity index (χ4v) is 5.75. The number of rotatable bonds is 26. The molecule has 0 aromatic rings. The quantitative estimate of drug-likeness (QED) is 0.0602. The van der Waals surface area contributed by atoms with Crippen molar-refractivity contribution in [3.63, 3.8) is 0 Å². The van der Waals surface area contributed by atoms with Gasteiger partial charge in [-0.2, -0.15) is 0 Å². The molecule has 1 rings (SSSR count). The molecule has 1 aliphatic rings. The predicted octanol–water partition coefficient (Wildman–Crippen LogP) is 23.1. The van der Waals surface area contributed by atoms with Crippen LogP contribution in [0.3, 0.4) is 0 Å². The van der Waals surface area contributed by atoms with Crippen LogP contribution >= 0.6 is 0 Å². The van der Waals surface area contributed by atoms with E-state index in [9.17, 15) is 0 Å². The van der Waals surface area contributed by atoms with Gasteiger partial charge in [-0.05, 0) is 41.7 Å². The Kier molecular flexibility index (Phi) is 98.3. The third-order valence-electron chi connectivity index (χ3n) is 10.3. The van der Waals surface area contributed by atoms with Gasteiger partial charge in [-0.25, -0.2) is 0 Å². The third kappa shape index (κ3) is 75.8. The van der Waals surface area contributed by atoms with Crippen molar-refractivity contribution in [2.24, 2.45) is 23.7 Å². The molecule has 0 aromatic carbocycles. The van der Waals surface area contributed by atoms with Crippen molar-refractivity contribution in [1.82, 2.24) is 0 Å². The molecule has 0 bridgehead atoms. The maximum absolute atomic E-state index is 3.91. The molecule has 0 fully saturated rings. The molecule has 0 aliphatic heterocycles. The van der Waals surface area contributed by atoms with E-state index in [4.69, 9.17) is 0 Å². The summed E-state index contributed by atoms with van der Waals surface area (Å²) >= 11 is 0. The van der Waals surface area contributed by atoms with Crippen LogP contribution in [0.5, 0.6) is 0 Å². The summed E-state index contributed by atoms with van der Waals surface area (Å²) in [6, 6.07) is 0. The minimum atomic E-state index is 0.532. The highest BCUT2D eigenvalue weighted by Gasteiger charge is 2.16. The van der Waals surface area contributed by atoms with E-state index in [-0.39, 0.29) is 0 Å². The average Bonchev–Trinajstić information content (AvgIpc) is 3.60. The van der Waals surface area contributed by atoms with Crippen LogP contribution < -0.4 is 0 Å². The van der Waals surface area contributed by atoms with E-state index in [0.717, 1.165) is 30.6 Å². The first kappa shape index (κ1) is 74.4. The third-order valence-corrected chi connectivity index (χ3v) is 10.3. The minimum Gasteiger partial charge on any atom is -0.103 e. The van der Waals surface area contributed by atoms with Crippen LogP contribution in [0.4, 0.5) is 0 Å². The van der Waals surface area contributed by atoms with E-state index < -0.39 is 0 Å². The Morgan fingerprint density at radius 2 is 0.707 bits per heavy atom. The van der Waals surface area contributed by atoms with Gasteiger partial charge in [-0.3, -0.25) is 0 Å². The van der Waals surface area contributed by atoms with Gasteiger partial charge in [0.25, 0.3) is 0 Å². The molecule has 0 saturated heterocycles. The summed E-state index contributed by atoms with van der Waals surface area (Å²) in [4.78, 5) is 0. The van der Waals surface area contributed by atoms with Crippen molar-refractivity contribution in [2.45, 2.75) is 305 Å². The molecule has 0 N–H and O–H groups in total. The molecule has 0 nitrogen and oxygen atoms in total. The molecule has 356 valence electrons. The van der Waals surface area contributed by atoms with Crippen molar-refractivity contribution in [2.75, 3.05) is 0 Å². The lowest BCUT2D eigenvalue weighted by molar-refractivity contribution is 0.275. The van der Waals surface area contributed by atoms with Gasteiger partial charge >= 0.3 is 0 Å². The van der Waals surface area contributed by atoms with E-state index in [1.165, 1.54) is 172 Å². The predicted molar refractivity (Wildman–Crippen MR) is 284 cm³/mol. The lowest BCUT2D eigenvalue weighted by Gasteiger charge is -2.24. The summed E-state index contributed by atoms with van der Waals surface area (Å²) in [6.45, 7) is 52.5. The van der Waals surface area contributed by atoms with Gasteiger partial charge in [-0.15, -0.1) is 6.58 Å². The molecule has 1 aliphatic carbocycles. The van der Waals surface area contributed by atoms with Gasteiger partial charge in [0.1, 0.15) is 0 Å². The molecule has 0 aromatic heterocycles. The molecule has 2 atom stereocenters. The van der Waals surface area contributed by atoms with Crippen LogP contribution in [0.2, 0.25) is 0 Å². The molecule has 0 heterocycles. The van der Waals surface area contributed by atoms with Crippen LogP contribution in [0.1, 0.15) is 305 Å². The van der Waals surface area contributed by atoms with Crippen LogP contribution in [-0.2, 0) is 0 Å². The van der Waals surface area contributed by atoms with Crippen LogP contribution in [0.25, 0.3) is 0 Å². The van der Waals surface area contributed by atoms with Crippen molar-refractivity contribution in [3.05, 3.63) is 49.1 Å². The van der Waals surface area contributed by atoms with E-state index in [1.807, 2.05) is 47.6 Å². The zero-order valence-electron chi connectivity index (χ0n) is 45.3. The summed E-state index contributed by atoms with van der Waals surface area (Å²) in [5.41, 5.74) is 2.42. The molecular formula is C58H124. The van der Waals surface area contributed by atoms with Crippen LogP contribution in [0, 0.1) is 23.7 Å². The highest BCUT2D eigenvalue weighted by Crippen LogP contribution is 2.30. The van der Waals surface area contributed by atoms with Gasteiger partial charge in [0.15, 0.2) is 0 Å². The fraction of sp³-hybridized carbons (Fsp3) is 0.862. The molecule has 0 radical (unpaired) electrons. The maximum atomic E-state index is 3.91. The first-order chi connectivity index (χ1) is 28.0. The second kappa shape index (κ2) is 76.7. The van der Waals surface area contributed by atoms with Gasteiger partial charge in [0.2, 0.25) is 0 Å². The van der Waals surface area contributed by atoms with E-state index in [0.29, 0.717) is 5.92 Å². The topological polar surface area (TPSA) is 0 Å². The van der Waals surface area contributed by atoms with Crippen LogP contribution in [0.15, 0.2) is 49.1 Å². The van der Waals surface area contributed by atoms with Crippen LogP contribution in [-0.4, -0.2) is 0 Å². The Bertz CT molecular complexity index is 652. The summed E-state index contributed by atoms with van der Waals surface area (Å²) < 4.78 is 0. The zero-order chi connectivity index (χ0) is 46.7. The normalized spacial score (nSPS) is 11.9. The standard InChI is InChI=1S/C22H46.C9H12.C8H18.C5H12.C4H10.C4H8.3C2H6/c1-5-8-11-14-17-20-22(19-16-13-10-7-3)21(4)18-15-12-9-6-2;1-4-9-7(2)5-6-8(9)3;1-3-5-7-8-6-4-2;1-4-5(2)3;2*1-3-4-2;3*1-2/h21-22H,5-20H2,1-4H3;5-6,9H,2-4H2,1H3;3-8H2,1-2H3;5H,4H2,1-3H3;3-4H2,1-2H3;3H,1,4H2,2H3;3*1-2H3. The van der Waals surface area contributed by atoms with Crippen molar-refractivity contribution in [1.29, 1.82) is 0 Å². The van der Waals surface area contributed by atoms with Crippen molar-refractivity contribution < 1.29 is 0 Å². The molecular weight excluding hydrogens is 697 g/mol. The molecule has 0 heteroatoms. The monoisotopic (exact) mass is 821 g/mol. The van der Waals surface area contributed by atoms with E-state index in [2.05, 4.69) is 122 Å². The summed E-state index contributed by atoms with van der Waals surface area (Å²) in [5.74, 6) is 3.39. The SMILES string of the molecule is C=C1C=CC(=C)C1CC.C=CCC.CC.CC.CC.CCC(C)C.CCCC.CCCCCCCC.CCCCCCCC(CCCCCC)C(C)CCCCCC. The Labute approximate surface area is 376 Å². The summed E-state index contributed by atoms with van der Waals surface area (Å²) in [7, 11) is 0. The lowest BCUT2D eigenvalue weighted by atomic mass is 9.82. The number of hydrogen-bond donors (Lipinski definition) is 0. The number of unbranched alkanes of at least 4 members (excludes halogenated alkanes) is 16. The maximum Gasteiger partial charge on any atom is 0.00750 e. The summed E-state index contributed by atoms with van der Waals surface area (Å²) in [6.07, 6.45) is 43.8.